The lowest BCUT2D eigenvalue weighted by Crippen LogP contribution is -2.54. The van der Waals surface area contributed by atoms with Crippen LogP contribution in [0.1, 0.15) is 35.7 Å². The zero-order valence-corrected chi connectivity index (χ0v) is 11.7. The van der Waals surface area contributed by atoms with Crippen LogP contribution in [0.5, 0.6) is 0 Å². The average molecular weight is 277 g/mol. The molecule has 1 saturated carbocycles. The number of benzene rings is 1. The Morgan fingerprint density at radius 1 is 1.40 bits per heavy atom. The molecule has 2 N–H and O–H groups in total. The molecular weight excluding hydrogens is 258 g/mol. The summed E-state index contributed by atoms with van der Waals surface area (Å²) in [7, 11) is 1.56. The number of hydrogen-bond acceptors (Lipinski definition) is 3. The summed E-state index contributed by atoms with van der Waals surface area (Å²) in [6, 6.07) is 7.05. The lowest BCUT2D eigenvalue weighted by atomic mass is 9.95. The van der Waals surface area contributed by atoms with E-state index in [0.717, 1.165) is 18.4 Å². The lowest BCUT2D eigenvalue weighted by molar-refractivity contribution is -0.144. The molecule has 5 nitrogen and oxygen atoms in total. The summed E-state index contributed by atoms with van der Waals surface area (Å²) >= 11 is 0. The third kappa shape index (κ3) is 2.82. The molecule has 0 aromatic heterocycles. The first-order chi connectivity index (χ1) is 9.49. The summed E-state index contributed by atoms with van der Waals surface area (Å²) in [5.74, 6) is -1.34. The van der Waals surface area contributed by atoms with Crippen molar-refractivity contribution >= 4 is 11.9 Å². The number of carboxylic acid groups (broad SMARTS) is 1. The van der Waals surface area contributed by atoms with Crippen LogP contribution in [0, 0.1) is 5.92 Å². The minimum absolute atomic E-state index is 0.0125. The third-order valence-corrected chi connectivity index (χ3v) is 3.77. The minimum Gasteiger partial charge on any atom is -0.480 e. The van der Waals surface area contributed by atoms with E-state index in [-0.39, 0.29) is 11.8 Å². The van der Waals surface area contributed by atoms with Crippen LogP contribution < -0.4 is 5.32 Å². The van der Waals surface area contributed by atoms with Crippen molar-refractivity contribution in [2.45, 2.75) is 31.9 Å². The normalized spacial score (nSPS) is 17.3. The van der Waals surface area contributed by atoms with Crippen molar-refractivity contribution in [2.75, 3.05) is 7.11 Å². The van der Waals surface area contributed by atoms with Gasteiger partial charge in [0.15, 0.2) is 0 Å². The van der Waals surface area contributed by atoms with E-state index in [2.05, 4.69) is 5.32 Å². The van der Waals surface area contributed by atoms with Crippen molar-refractivity contribution in [2.24, 2.45) is 5.92 Å². The summed E-state index contributed by atoms with van der Waals surface area (Å²) in [6.07, 6.45) is 1.67. The van der Waals surface area contributed by atoms with Crippen LogP contribution in [0.3, 0.4) is 0 Å². The Hall–Kier alpha value is -1.88. The molecule has 1 aromatic rings. The fourth-order valence-corrected chi connectivity index (χ4v) is 2.32. The molecule has 1 unspecified atom stereocenters. The van der Waals surface area contributed by atoms with E-state index in [1.807, 2.05) is 6.07 Å². The van der Waals surface area contributed by atoms with Gasteiger partial charge in [-0.25, -0.2) is 4.79 Å². The summed E-state index contributed by atoms with van der Waals surface area (Å²) in [4.78, 5) is 23.8. The van der Waals surface area contributed by atoms with Gasteiger partial charge in [-0.05, 0) is 37.3 Å². The molecule has 0 heterocycles. The molecule has 1 aromatic carbocycles. The molecule has 108 valence electrons. The molecule has 0 saturated heterocycles. The molecule has 2 rings (SSSR count). The van der Waals surface area contributed by atoms with Crippen molar-refractivity contribution in [3.05, 3.63) is 35.4 Å². The number of carboxylic acids is 1. The first-order valence-corrected chi connectivity index (χ1v) is 6.61. The minimum atomic E-state index is -1.20. The van der Waals surface area contributed by atoms with Crippen LogP contribution >= 0.6 is 0 Å². The summed E-state index contributed by atoms with van der Waals surface area (Å²) in [5, 5.41) is 12.0. The number of methoxy groups -OCH3 is 1. The van der Waals surface area contributed by atoms with Crippen LogP contribution in [0.25, 0.3) is 0 Å². The van der Waals surface area contributed by atoms with Crippen LogP contribution in [0.4, 0.5) is 0 Å². The quantitative estimate of drug-likeness (QED) is 0.831. The monoisotopic (exact) mass is 277 g/mol. The first-order valence-electron chi connectivity index (χ1n) is 6.61. The van der Waals surface area contributed by atoms with E-state index >= 15 is 0 Å². The largest absolute Gasteiger partial charge is 0.480 e. The fraction of sp³-hybridized carbons (Fsp3) is 0.467. The topological polar surface area (TPSA) is 75.6 Å². The van der Waals surface area contributed by atoms with Gasteiger partial charge in [0.1, 0.15) is 5.54 Å². The zero-order valence-electron chi connectivity index (χ0n) is 11.7. The number of ether oxygens (including phenoxy) is 1. The molecule has 1 atom stereocenters. The predicted molar refractivity (Wildman–Crippen MR) is 73.4 cm³/mol. The van der Waals surface area contributed by atoms with Crippen molar-refractivity contribution in [3.8, 4) is 0 Å². The Labute approximate surface area is 117 Å². The summed E-state index contributed by atoms with van der Waals surface area (Å²) < 4.78 is 5.06. The average Bonchev–Trinajstić information content (AvgIpc) is 3.24. The van der Waals surface area contributed by atoms with E-state index in [4.69, 9.17) is 4.74 Å². The van der Waals surface area contributed by atoms with Gasteiger partial charge in [-0.3, -0.25) is 4.79 Å². The summed E-state index contributed by atoms with van der Waals surface area (Å²) in [5.41, 5.74) is 0.00980. The number of amides is 1. The maximum absolute atomic E-state index is 12.4. The van der Waals surface area contributed by atoms with Crippen LogP contribution in [0.2, 0.25) is 0 Å². The Kier molecular flexibility index (Phi) is 4.09. The zero-order chi connectivity index (χ0) is 14.8. The van der Waals surface area contributed by atoms with Gasteiger partial charge in [0.25, 0.3) is 5.91 Å². The Bertz CT molecular complexity index is 524. The molecule has 5 heteroatoms. The maximum atomic E-state index is 12.4. The van der Waals surface area contributed by atoms with Gasteiger partial charge in [-0.2, -0.15) is 0 Å². The van der Waals surface area contributed by atoms with E-state index in [1.54, 1.807) is 32.2 Å². The van der Waals surface area contributed by atoms with Crippen molar-refractivity contribution in [3.63, 3.8) is 0 Å². The predicted octanol–water partition coefficient (Wildman–Crippen LogP) is 1.82. The molecule has 1 amide bonds. The van der Waals surface area contributed by atoms with Gasteiger partial charge in [-0.1, -0.05) is 18.2 Å². The Morgan fingerprint density at radius 2 is 2.05 bits per heavy atom. The summed E-state index contributed by atoms with van der Waals surface area (Å²) in [6.45, 7) is 1.89. The second-order valence-corrected chi connectivity index (χ2v) is 5.33. The van der Waals surface area contributed by atoms with Crippen molar-refractivity contribution < 1.29 is 19.4 Å². The molecule has 1 aliphatic carbocycles. The van der Waals surface area contributed by atoms with Gasteiger partial charge >= 0.3 is 5.97 Å². The van der Waals surface area contributed by atoms with Gasteiger partial charge in [0.05, 0.1) is 6.61 Å². The molecular formula is C15H19NO4. The number of nitrogens with one attached hydrogen (secondary N) is 1. The van der Waals surface area contributed by atoms with E-state index in [1.165, 1.54) is 0 Å². The number of carbonyl (C=O) groups is 2. The first kappa shape index (κ1) is 14.5. The number of rotatable bonds is 6. The highest BCUT2D eigenvalue weighted by Crippen LogP contribution is 2.39. The highest BCUT2D eigenvalue weighted by atomic mass is 16.5. The third-order valence-electron chi connectivity index (χ3n) is 3.77. The SMILES string of the molecule is COCc1ccccc1C(=O)NC(C)(C(=O)O)C1CC1. The van der Waals surface area contributed by atoms with E-state index in [9.17, 15) is 14.7 Å². The highest BCUT2D eigenvalue weighted by molar-refractivity contribution is 5.99. The standard InChI is InChI=1S/C15H19NO4/c1-15(14(18)19,11-7-8-11)16-13(17)12-6-4-3-5-10(12)9-20-2/h3-6,11H,7-9H2,1-2H3,(H,16,17)(H,18,19). The molecule has 0 bridgehead atoms. The van der Waals surface area contributed by atoms with Crippen LogP contribution in [-0.4, -0.2) is 29.6 Å². The van der Waals surface area contributed by atoms with Gasteiger partial charge in [-0.15, -0.1) is 0 Å². The second kappa shape index (κ2) is 5.63. The van der Waals surface area contributed by atoms with E-state index in [0.29, 0.717) is 12.2 Å². The molecule has 0 spiro atoms. The number of hydrogen-bond donors (Lipinski definition) is 2. The lowest BCUT2D eigenvalue weighted by Gasteiger charge is -2.26. The molecule has 1 fully saturated rings. The smallest absolute Gasteiger partial charge is 0.329 e. The van der Waals surface area contributed by atoms with E-state index < -0.39 is 11.5 Å². The van der Waals surface area contributed by atoms with Crippen LogP contribution in [-0.2, 0) is 16.1 Å². The molecule has 0 aliphatic heterocycles. The number of aliphatic carboxylic acids is 1. The highest BCUT2D eigenvalue weighted by Gasteiger charge is 2.48. The van der Waals surface area contributed by atoms with Gasteiger partial charge < -0.3 is 15.2 Å². The van der Waals surface area contributed by atoms with Gasteiger partial charge in [0, 0.05) is 12.7 Å². The fourth-order valence-electron chi connectivity index (χ4n) is 2.32. The molecule has 1 aliphatic rings. The Morgan fingerprint density at radius 3 is 2.60 bits per heavy atom. The molecule has 20 heavy (non-hydrogen) atoms. The van der Waals surface area contributed by atoms with Crippen molar-refractivity contribution in [1.29, 1.82) is 0 Å². The van der Waals surface area contributed by atoms with Gasteiger partial charge in [0.2, 0.25) is 0 Å². The molecule has 0 radical (unpaired) electrons. The maximum Gasteiger partial charge on any atom is 0.329 e. The Balaban J connectivity index is 2.21. The number of carbonyl (C=O) groups excluding carboxylic acids is 1. The second-order valence-electron chi connectivity index (χ2n) is 5.33. The van der Waals surface area contributed by atoms with Crippen LogP contribution in [0.15, 0.2) is 24.3 Å². The van der Waals surface area contributed by atoms with Crippen molar-refractivity contribution in [1.82, 2.24) is 5.32 Å².